The van der Waals surface area contributed by atoms with Crippen molar-refractivity contribution < 1.29 is 9.84 Å². The van der Waals surface area contributed by atoms with Gasteiger partial charge in [0.1, 0.15) is 11.9 Å². The van der Waals surface area contributed by atoms with Crippen LogP contribution in [0.2, 0.25) is 0 Å². The Morgan fingerprint density at radius 1 is 1.14 bits per heavy atom. The van der Waals surface area contributed by atoms with Crippen molar-refractivity contribution in [1.82, 2.24) is 4.90 Å². The minimum atomic E-state index is -0.511. The Bertz CT molecular complexity index is 490. The maximum atomic E-state index is 11.2. The van der Waals surface area contributed by atoms with E-state index < -0.39 is 6.10 Å². The molecule has 0 aliphatic heterocycles. The topological polar surface area (TPSA) is 32.7 Å². The van der Waals surface area contributed by atoms with Crippen molar-refractivity contribution >= 4 is 0 Å². The molecule has 1 aliphatic rings. The molecule has 1 N–H and O–H groups in total. The monoisotopic (exact) mass is 291 g/mol. The lowest BCUT2D eigenvalue weighted by Crippen LogP contribution is -2.50. The zero-order chi connectivity index (χ0) is 15.6. The van der Waals surface area contributed by atoms with Crippen LogP contribution < -0.4 is 4.74 Å². The number of aliphatic hydroxyl groups excluding tert-OH is 1. The summed E-state index contributed by atoms with van der Waals surface area (Å²) in [5, 5.41) is 11.2. The first-order valence-electron chi connectivity index (χ1n) is 7.93. The molecule has 2 rings (SSSR count). The van der Waals surface area contributed by atoms with E-state index in [1.165, 1.54) is 24.8 Å². The molecule has 3 nitrogen and oxygen atoms in total. The molecule has 0 radical (unpaired) electrons. The van der Waals surface area contributed by atoms with Gasteiger partial charge in [-0.05, 0) is 58.0 Å². The number of rotatable bonds is 4. The average Bonchev–Trinajstić information content (AvgIpc) is 2.46. The van der Waals surface area contributed by atoms with Crippen molar-refractivity contribution in [3.63, 3.8) is 0 Å². The van der Waals surface area contributed by atoms with Gasteiger partial charge in [-0.2, -0.15) is 0 Å². The van der Waals surface area contributed by atoms with Crippen LogP contribution in [-0.2, 0) is 0 Å². The van der Waals surface area contributed by atoms with E-state index in [2.05, 4.69) is 38.9 Å². The Morgan fingerprint density at radius 2 is 1.76 bits per heavy atom. The quantitative estimate of drug-likeness (QED) is 0.920. The zero-order valence-corrected chi connectivity index (χ0v) is 14.1. The summed E-state index contributed by atoms with van der Waals surface area (Å²) >= 11 is 0. The molecule has 1 aliphatic carbocycles. The van der Waals surface area contributed by atoms with E-state index in [1.54, 1.807) is 7.11 Å². The van der Waals surface area contributed by atoms with Crippen molar-refractivity contribution in [3.05, 3.63) is 28.8 Å². The second-order valence-electron chi connectivity index (χ2n) is 6.66. The van der Waals surface area contributed by atoms with E-state index in [-0.39, 0.29) is 5.54 Å². The first kappa shape index (κ1) is 16.3. The van der Waals surface area contributed by atoms with Gasteiger partial charge in [0.15, 0.2) is 0 Å². The third-order valence-corrected chi connectivity index (χ3v) is 5.11. The van der Waals surface area contributed by atoms with Crippen LogP contribution in [0.5, 0.6) is 5.75 Å². The Balaban J connectivity index is 2.48. The Hall–Kier alpha value is -1.06. The standard InChI is InChI=1S/C18H29NO2/c1-13-11-14(2)16(15(12-13)21-5)17(20)18(19(3)4)9-7-6-8-10-18/h11-12,17,20H,6-10H2,1-5H3. The number of benzene rings is 1. The van der Waals surface area contributed by atoms with Gasteiger partial charge in [-0.15, -0.1) is 0 Å². The summed E-state index contributed by atoms with van der Waals surface area (Å²) in [6.45, 7) is 4.13. The molecule has 0 amide bonds. The molecule has 0 spiro atoms. The lowest BCUT2D eigenvalue weighted by atomic mass is 9.73. The highest BCUT2D eigenvalue weighted by molar-refractivity contribution is 5.45. The molecule has 0 saturated heterocycles. The van der Waals surface area contributed by atoms with Crippen LogP contribution in [0, 0.1) is 13.8 Å². The molecule has 1 unspecified atom stereocenters. The van der Waals surface area contributed by atoms with Crippen LogP contribution in [0.3, 0.4) is 0 Å². The highest BCUT2D eigenvalue weighted by Gasteiger charge is 2.43. The third-order valence-electron chi connectivity index (χ3n) is 5.11. The molecule has 3 heteroatoms. The smallest absolute Gasteiger partial charge is 0.125 e. The molecule has 1 fully saturated rings. The molecule has 1 aromatic carbocycles. The molecule has 1 atom stereocenters. The predicted molar refractivity (Wildman–Crippen MR) is 86.9 cm³/mol. The van der Waals surface area contributed by atoms with Gasteiger partial charge in [0.2, 0.25) is 0 Å². The van der Waals surface area contributed by atoms with E-state index in [9.17, 15) is 5.11 Å². The number of aliphatic hydroxyl groups is 1. The lowest BCUT2D eigenvalue weighted by Gasteiger charge is -2.47. The summed E-state index contributed by atoms with van der Waals surface area (Å²) in [7, 11) is 5.86. The molecule has 0 bridgehead atoms. The number of aryl methyl sites for hydroxylation is 2. The second kappa shape index (κ2) is 6.37. The van der Waals surface area contributed by atoms with Crippen molar-refractivity contribution in [3.8, 4) is 5.75 Å². The molecular formula is C18H29NO2. The Kier molecular flexibility index (Phi) is 4.95. The van der Waals surface area contributed by atoms with Gasteiger partial charge in [0.05, 0.1) is 12.6 Å². The highest BCUT2D eigenvalue weighted by Crippen LogP contribution is 2.45. The number of hydrogen-bond donors (Lipinski definition) is 1. The second-order valence-corrected chi connectivity index (χ2v) is 6.66. The number of methoxy groups -OCH3 is 1. The minimum absolute atomic E-state index is 0.175. The van der Waals surface area contributed by atoms with Crippen LogP contribution in [0.15, 0.2) is 12.1 Å². The van der Waals surface area contributed by atoms with Crippen LogP contribution >= 0.6 is 0 Å². The van der Waals surface area contributed by atoms with Crippen LogP contribution in [0.25, 0.3) is 0 Å². The number of nitrogens with zero attached hydrogens (tertiary/aromatic N) is 1. The van der Waals surface area contributed by atoms with Crippen LogP contribution in [0.1, 0.15) is 54.9 Å². The van der Waals surface area contributed by atoms with E-state index >= 15 is 0 Å². The predicted octanol–water partition coefficient (Wildman–Crippen LogP) is 3.61. The minimum Gasteiger partial charge on any atom is -0.496 e. The SMILES string of the molecule is COc1cc(C)cc(C)c1C(O)C1(N(C)C)CCCCC1. The molecule has 118 valence electrons. The van der Waals surface area contributed by atoms with Crippen molar-refractivity contribution in [1.29, 1.82) is 0 Å². The Labute approximate surface area is 128 Å². The summed E-state index contributed by atoms with van der Waals surface area (Å²) in [6.07, 6.45) is 5.20. The van der Waals surface area contributed by atoms with Gasteiger partial charge in [0, 0.05) is 5.56 Å². The average molecular weight is 291 g/mol. The van der Waals surface area contributed by atoms with Gasteiger partial charge < -0.3 is 14.7 Å². The molecular weight excluding hydrogens is 262 g/mol. The van der Waals surface area contributed by atoms with Gasteiger partial charge in [-0.1, -0.05) is 25.3 Å². The molecule has 21 heavy (non-hydrogen) atoms. The van der Waals surface area contributed by atoms with Crippen LogP contribution in [0.4, 0.5) is 0 Å². The number of hydrogen-bond acceptors (Lipinski definition) is 3. The summed E-state index contributed by atoms with van der Waals surface area (Å²) in [5.41, 5.74) is 3.07. The van der Waals surface area contributed by atoms with Gasteiger partial charge in [-0.25, -0.2) is 0 Å². The summed E-state index contributed by atoms with van der Waals surface area (Å²) in [5.74, 6) is 0.812. The van der Waals surface area contributed by atoms with Crippen molar-refractivity contribution in [2.24, 2.45) is 0 Å². The fourth-order valence-electron chi connectivity index (χ4n) is 3.86. The molecule has 1 saturated carbocycles. The molecule has 0 heterocycles. The van der Waals surface area contributed by atoms with Crippen molar-refractivity contribution in [2.75, 3.05) is 21.2 Å². The first-order valence-corrected chi connectivity index (χ1v) is 7.93. The maximum absolute atomic E-state index is 11.2. The first-order chi connectivity index (χ1) is 9.92. The van der Waals surface area contributed by atoms with E-state index in [4.69, 9.17) is 4.74 Å². The van der Waals surface area contributed by atoms with E-state index in [1.807, 2.05) is 6.07 Å². The summed E-state index contributed by atoms with van der Waals surface area (Å²) in [4.78, 5) is 2.22. The van der Waals surface area contributed by atoms with E-state index in [0.29, 0.717) is 0 Å². The van der Waals surface area contributed by atoms with E-state index in [0.717, 1.165) is 29.7 Å². The maximum Gasteiger partial charge on any atom is 0.125 e. The normalized spacial score (nSPS) is 19.6. The fraction of sp³-hybridized carbons (Fsp3) is 0.667. The third kappa shape index (κ3) is 2.95. The molecule has 0 aromatic heterocycles. The van der Waals surface area contributed by atoms with Gasteiger partial charge in [0.25, 0.3) is 0 Å². The largest absolute Gasteiger partial charge is 0.496 e. The fourth-order valence-corrected chi connectivity index (χ4v) is 3.86. The highest BCUT2D eigenvalue weighted by atomic mass is 16.5. The Morgan fingerprint density at radius 3 is 2.29 bits per heavy atom. The van der Waals surface area contributed by atoms with Gasteiger partial charge in [-0.3, -0.25) is 0 Å². The van der Waals surface area contributed by atoms with Crippen molar-refractivity contribution in [2.45, 2.75) is 57.6 Å². The van der Waals surface area contributed by atoms with Gasteiger partial charge >= 0.3 is 0 Å². The van der Waals surface area contributed by atoms with Crippen LogP contribution in [-0.4, -0.2) is 36.8 Å². The summed E-state index contributed by atoms with van der Waals surface area (Å²) < 4.78 is 5.57. The number of likely N-dealkylation sites (N-methyl/N-ethyl adjacent to an activating group) is 1. The number of ether oxygens (including phenoxy) is 1. The summed E-state index contributed by atoms with van der Waals surface area (Å²) in [6, 6.07) is 4.16. The zero-order valence-electron chi connectivity index (χ0n) is 14.1. The molecule has 1 aromatic rings. The lowest BCUT2D eigenvalue weighted by molar-refractivity contribution is -0.0348.